The number of rotatable bonds is 0. The maximum Gasteiger partial charge on any atom is 0.119 e. The molecule has 100 valence electrons. The average Bonchev–Trinajstić information content (AvgIpc) is 2.16. The zero-order chi connectivity index (χ0) is 13.7. The second kappa shape index (κ2) is 4.01. The quantitative estimate of drug-likeness (QED) is 0.699. The van der Waals surface area contributed by atoms with Gasteiger partial charge in [-0.05, 0) is 52.3 Å². The van der Waals surface area contributed by atoms with E-state index in [0.717, 1.165) is 6.42 Å². The minimum atomic E-state index is 0.0964. The van der Waals surface area contributed by atoms with Gasteiger partial charge in [0.25, 0.3) is 0 Å². The smallest absolute Gasteiger partial charge is 0.119 e. The van der Waals surface area contributed by atoms with Crippen molar-refractivity contribution in [2.45, 2.75) is 65.7 Å². The van der Waals surface area contributed by atoms with E-state index in [2.05, 4.69) is 47.6 Å². The van der Waals surface area contributed by atoms with Crippen molar-refractivity contribution in [3.63, 3.8) is 0 Å². The zero-order valence-electron chi connectivity index (χ0n) is 12.6. The molecule has 0 saturated carbocycles. The van der Waals surface area contributed by atoms with E-state index in [9.17, 15) is 5.11 Å². The van der Waals surface area contributed by atoms with Crippen molar-refractivity contribution in [2.24, 2.45) is 5.41 Å². The third-order valence-electron chi connectivity index (χ3n) is 4.17. The van der Waals surface area contributed by atoms with Gasteiger partial charge in [-0.3, -0.25) is 0 Å². The molecule has 0 fully saturated rings. The summed E-state index contributed by atoms with van der Waals surface area (Å²) in [7, 11) is 0. The summed E-state index contributed by atoms with van der Waals surface area (Å²) in [6.07, 6.45) is 2.19. The molecule has 0 amide bonds. The molecule has 1 heteroatoms. The van der Waals surface area contributed by atoms with Gasteiger partial charge in [-0.1, -0.05) is 47.6 Å². The van der Waals surface area contributed by atoms with Gasteiger partial charge in [-0.25, -0.2) is 0 Å². The molecular weight excluding hydrogens is 220 g/mol. The van der Waals surface area contributed by atoms with Crippen molar-refractivity contribution in [3.05, 3.63) is 28.8 Å². The van der Waals surface area contributed by atoms with Crippen LogP contribution < -0.4 is 0 Å². The van der Waals surface area contributed by atoms with Gasteiger partial charge in [-0.15, -0.1) is 0 Å². The molecule has 0 bridgehead atoms. The fraction of sp³-hybridized carbons (Fsp3) is 0.647. The van der Waals surface area contributed by atoms with Crippen molar-refractivity contribution >= 4 is 0 Å². The predicted octanol–water partition coefficient (Wildman–Crippen LogP) is 4.77. The van der Waals surface area contributed by atoms with Gasteiger partial charge in [0.15, 0.2) is 0 Å². The number of benzene rings is 1. The Balaban J connectivity index is 2.56. The zero-order valence-corrected chi connectivity index (χ0v) is 12.6. The molecule has 0 spiro atoms. The highest BCUT2D eigenvalue weighted by Crippen LogP contribution is 2.46. The van der Waals surface area contributed by atoms with E-state index in [1.165, 1.54) is 23.1 Å². The number of phenols is 1. The summed E-state index contributed by atoms with van der Waals surface area (Å²) in [6.45, 7) is 13.5. The van der Waals surface area contributed by atoms with E-state index in [1.54, 1.807) is 0 Å². The van der Waals surface area contributed by atoms with Crippen LogP contribution in [0.3, 0.4) is 0 Å². The Bertz CT molecular complexity index is 463. The Morgan fingerprint density at radius 3 is 2.39 bits per heavy atom. The van der Waals surface area contributed by atoms with Crippen molar-refractivity contribution in [1.29, 1.82) is 0 Å². The fourth-order valence-corrected chi connectivity index (χ4v) is 3.23. The van der Waals surface area contributed by atoms with E-state index in [0.29, 0.717) is 17.1 Å². The molecule has 1 aliphatic carbocycles. The SMILES string of the molecule is C[C@H]1CC(C)(C)Cc2c(O)cc(C(C)(C)C)cc21. The molecule has 0 unspecified atom stereocenters. The monoisotopic (exact) mass is 246 g/mol. The Hall–Kier alpha value is -0.980. The average molecular weight is 246 g/mol. The number of fused-ring (bicyclic) bond motifs is 1. The Labute approximate surface area is 111 Å². The van der Waals surface area contributed by atoms with Gasteiger partial charge in [0, 0.05) is 0 Å². The molecule has 0 aromatic heterocycles. The van der Waals surface area contributed by atoms with E-state index in [-0.39, 0.29) is 5.41 Å². The predicted molar refractivity (Wildman–Crippen MR) is 77.3 cm³/mol. The second-order valence-electron chi connectivity index (χ2n) is 7.76. The topological polar surface area (TPSA) is 20.2 Å². The molecule has 0 aliphatic heterocycles. The van der Waals surface area contributed by atoms with E-state index >= 15 is 0 Å². The lowest BCUT2D eigenvalue weighted by atomic mass is 9.68. The highest BCUT2D eigenvalue weighted by Gasteiger charge is 2.32. The summed E-state index contributed by atoms with van der Waals surface area (Å²) in [6, 6.07) is 4.28. The summed E-state index contributed by atoms with van der Waals surface area (Å²) in [5.41, 5.74) is 4.17. The van der Waals surface area contributed by atoms with Crippen LogP contribution in [0.25, 0.3) is 0 Å². The molecule has 1 nitrogen and oxygen atoms in total. The third kappa shape index (κ3) is 2.41. The van der Waals surface area contributed by atoms with Crippen LogP contribution in [0.4, 0.5) is 0 Å². The molecular formula is C17H26O. The molecule has 1 aromatic carbocycles. The summed E-state index contributed by atoms with van der Waals surface area (Å²) in [5, 5.41) is 10.4. The van der Waals surface area contributed by atoms with E-state index in [1.807, 2.05) is 6.07 Å². The largest absolute Gasteiger partial charge is 0.508 e. The number of aromatic hydroxyl groups is 1. The van der Waals surface area contributed by atoms with Gasteiger partial charge >= 0.3 is 0 Å². The number of hydrogen-bond donors (Lipinski definition) is 1. The van der Waals surface area contributed by atoms with Gasteiger partial charge < -0.3 is 5.11 Å². The van der Waals surface area contributed by atoms with Crippen LogP contribution in [0.15, 0.2) is 12.1 Å². The van der Waals surface area contributed by atoms with Crippen LogP contribution in [0.2, 0.25) is 0 Å². The molecule has 0 radical (unpaired) electrons. The molecule has 1 aliphatic rings. The molecule has 1 N–H and O–H groups in total. The van der Waals surface area contributed by atoms with Crippen LogP contribution in [0, 0.1) is 5.41 Å². The number of phenolic OH excluding ortho intramolecular Hbond substituents is 1. The van der Waals surface area contributed by atoms with Crippen molar-refractivity contribution < 1.29 is 5.11 Å². The van der Waals surface area contributed by atoms with Gasteiger partial charge in [0.2, 0.25) is 0 Å². The fourth-order valence-electron chi connectivity index (χ4n) is 3.23. The Morgan fingerprint density at radius 2 is 1.83 bits per heavy atom. The first-order valence-electron chi connectivity index (χ1n) is 6.96. The summed E-state index contributed by atoms with van der Waals surface area (Å²) in [4.78, 5) is 0. The highest BCUT2D eigenvalue weighted by molar-refractivity contribution is 5.48. The second-order valence-corrected chi connectivity index (χ2v) is 7.76. The van der Waals surface area contributed by atoms with Crippen molar-refractivity contribution in [1.82, 2.24) is 0 Å². The Kier molecular flexibility index (Phi) is 3.00. The minimum Gasteiger partial charge on any atom is -0.508 e. The lowest BCUT2D eigenvalue weighted by Crippen LogP contribution is -2.25. The molecule has 1 atom stereocenters. The van der Waals surface area contributed by atoms with Gasteiger partial charge in [0.1, 0.15) is 5.75 Å². The standard InChI is InChI=1S/C17H26O/c1-11-9-17(5,6)10-14-13(11)7-12(8-15(14)18)16(2,3)4/h7-8,11,18H,9-10H2,1-6H3/t11-/m0/s1. The minimum absolute atomic E-state index is 0.0964. The van der Waals surface area contributed by atoms with Gasteiger partial charge in [-0.2, -0.15) is 0 Å². The van der Waals surface area contributed by atoms with Crippen LogP contribution in [-0.2, 0) is 11.8 Å². The van der Waals surface area contributed by atoms with Crippen LogP contribution in [-0.4, -0.2) is 5.11 Å². The first-order chi connectivity index (χ1) is 8.10. The first kappa shape index (κ1) is 13.5. The van der Waals surface area contributed by atoms with Crippen molar-refractivity contribution in [3.8, 4) is 5.75 Å². The summed E-state index contributed by atoms with van der Waals surface area (Å²) < 4.78 is 0. The Morgan fingerprint density at radius 1 is 1.22 bits per heavy atom. The van der Waals surface area contributed by atoms with Crippen LogP contribution in [0.5, 0.6) is 5.75 Å². The summed E-state index contributed by atoms with van der Waals surface area (Å²) in [5.74, 6) is 1.04. The lowest BCUT2D eigenvalue weighted by molar-refractivity contribution is 0.281. The highest BCUT2D eigenvalue weighted by atomic mass is 16.3. The molecule has 1 aromatic rings. The molecule has 18 heavy (non-hydrogen) atoms. The lowest BCUT2D eigenvalue weighted by Gasteiger charge is -2.37. The van der Waals surface area contributed by atoms with E-state index < -0.39 is 0 Å². The third-order valence-corrected chi connectivity index (χ3v) is 4.17. The maximum atomic E-state index is 10.4. The maximum absolute atomic E-state index is 10.4. The molecule has 2 rings (SSSR count). The van der Waals surface area contributed by atoms with Crippen molar-refractivity contribution in [2.75, 3.05) is 0 Å². The normalized spacial score (nSPS) is 22.7. The van der Waals surface area contributed by atoms with Crippen LogP contribution >= 0.6 is 0 Å². The van der Waals surface area contributed by atoms with Gasteiger partial charge in [0.05, 0.1) is 0 Å². The van der Waals surface area contributed by atoms with Crippen LogP contribution in [0.1, 0.15) is 70.6 Å². The molecule has 0 heterocycles. The summed E-state index contributed by atoms with van der Waals surface area (Å²) >= 11 is 0. The number of hydrogen-bond acceptors (Lipinski definition) is 1. The first-order valence-corrected chi connectivity index (χ1v) is 6.96. The molecule has 0 saturated heterocycles. The van der Waals surface area contributed by atoms with E-state index in [4.69, 9.17) is 0 Å².